The van der Waals surface area contributed by atoms with E-state index in [2.05, 4.69) is 21.5 Å². The van der Waals surface area contributed by atoms with Gasteiger partial charge in [0.1, 0.15) is 5.75 Å². The van der Waals surface area contributed by atoms with E-state index in [0.717, 1.165) is 44.7 Å². The predicted molar refractivity (Wildman–Crippen MR) is 81.1 cm³/mol. The molecule has 1 aromatic rings. The summed E-state index contributed by atoms with van der Waals surface area (Å²) in [5, 5.41) is 9.35. The maximum Gasteiger partial charge on any atom is 0.387 e. The molecule has 0 bridgehead atoms. The molecule has 0 saturated carbocycles. The van der Waals surface area contributed by atoms with Gasteiger partial charge in [-0.25, -0.2) is 0 Å². The Labute approximate surface area is 130 Å². The second-order valence-electron chi connectivity index (χ2n) is 5.58. The van der Waals surface area contributed by atoms with Gasteiger partial charge in [0, 0.05) is 38.8 Å². The number of benzene rings is 1. The maximum absolute atomic E-state index is 12.1. The van der Waals surface area contributed by atoms with Crippen molar-refractivity contribution in [2.75, 3.05) is 32.8 Å². The average Bonchev–Trinajstić information content (AvgIpc) is 2.51. The fraction of sp³-hybridized carbons (Fsp3) is 0.625. The fourth-order valence-electron chi connectivity index (χ4n) is 2.82. The minimum Gasteiger partial charge on any atom is -0.435 e. The normalized spacial score (nSPS) is 18.6. The number of hydrogen-bond acceptors (Lipinski definition) is 4. The van der Waals surface area contributed by atoms with Crippen molar-refractivity contribution >= 4 is 0 Å². The van der Waals surface area contributed by atoms with Crippen molar-refractivity contribution in [3.63, 3.8) is 0 Å². The third-order valence-electron chi connectivity index (χ3n) is 4.16. The molecule has 1 aromatic carbocycles. The number of rotatable bonds is 7. The molecule has 1 heterocycles. The number of halogens is 2. The van der Waals surface area contributed by atoms with Gasteiger partial charge in [0.15, 0.2) is 0 Å². The van der Waals surface area contributed by atoms with Gasteiger partial charge in [-0.2, -0.15) is 8.78 Å². The summed E-state index contributed by atoms with van der Waals surface area (Å²) >= 11 is 0. The summed E-state index contributed by atoms with van der Waals surface area (Å²) in [7, 11) is 0. The molecule has 0 radical (unpaired) electrons. The first-order chi connectivity index (χ1) is 10.6. The van der Waals surface area contributed by atoms with Crippen LogP contribution >= 0.6 is 0 Å². The van der Waals surface area contributed by atoms with Crippen LogP contribution in [0, 0.1) is 0 Å². The summed E-state index contributed by atoms with van der Waals surface area (Å²) in [6, 6.07) is 7.07. The number of aliphatic hydroxyl groups is 1. The van der Waals surface area contributed by atoms with Crippen molar-refractivity contribution in [3.05, 3.63) is 29.8 Å². The Morgan fingerprint density at radius 3 is 2.27 bits per heavy atom. The van der Waals surface area contributed by atoms with Crippen LogP contribution in [0.1, 0.15) is 18.9 Å². The van der Waals surface area contributed by atoms with Gasteiger partial charge in [-0.15, -0.1) is 0 Å². The van der Waals surface area contributed by atoms with Crippen LogP contribution < -0.4 is 4.74 Å². The molecule has 6 heteroatoms. The predicted octanol–water partition coefficient (Wildman–Crippen LogP) is 2.18. The Morgan fingerprint density at radius 1 is 1.14 bits per heavy atom. The van der Waals surface area contributed by atoms with Crippen molar-refractivity contribution in [1.82, 2.24) is 9.80 Å². The van der Waals surface area contributed by atoms with Crippen LogP contribution in [0.2, 0.25) is 0 Å². The van der Waals surface area contributed by atoms with Crippen molar-refractivity contribution in [2.24, 2.45) is 0 Å². The number of ether oxygens (including phenoxy) is 1. The zero-order chi connectivity index (χ0) is 15.9. The van der Waals surface area contributed by atoms with E-state index in [1.54, 1.807) is 12.1 Å². The van der Waals surface area contributed by atoms with Gasteiger partial charge in [0.25, 0.3) is 0 Å². The van der Waals surface area contributed by atoms with E-state index in [1.807, 2.05) is 12.1 Å². The van der Waals surface area contributed by atoms with E-state index in [9.17, 15) is 13.9 Å². The lowest BCUT2D eigenvalue weighted by molar-refractivity contribution is -0.0498. The molecule has 1 unspecified atom stereocenters. The van der Waals surface area contributed by atoms with E-state index in [-0.39, 0.29) is 18.4 Å². The highest BCUT2D eigenvalue weighted by molar-refractivity contribution is 5.27. The highest BCUT2D eigenvalue weighted by atomic mass is 19.3. The second kappa shape index (κ2) is 8.41. The molecule has 1 aliphatic heterocycles. The fourth-order valence-corrected chi connectivity index (χ4v) is 2.82. The quantitative estimate of drug-likeness (QED) is 0.837. The number of aliphatic hydroxyl groups excluding tert-OH is 1. The topological polar surface area (TPSA) is 35.9 Å². The molecule has 0 aromatic heterocycles. The first-order valence-electron chi connectivity index (χ1n) is 7.73. The Balaban J connectivity index is 1.80. The molecule has 124 valence electrons. The molecular weight excluding hydrogens is 290 g/mol. The molecule has 22 heavy (non-hydrogen) atoms. The van der Waals surface area contributed by atoms with Crippen LogP contribution in [0.25, 0.3) is 0 Å². The molecule has 1 aliphatic rings. The monoisotopic (exact) mass is 314 g/mol. The minimum atomic E-state index is -2.78. The molecule has 4 nitrogen and oxygen atoms in total. The Morgan fingerprint density at radius 2 is 1.77 bits per heavy atom. The second-order valence-corrected chi connectivity index (χ2v) is 5.58. The number of alkyl halides is 2. The van der Waals surface area contributed by atoms with Gasteiger partial charge >= 0.3 is 6.61 Å². The summed E-state index contributed by atoms with van der Waals surface area (Å²) in [5.41, 5.74) is 1.09. The highest BCUT2D eigenvalue weighted by Crippen LogP contribution is 2.17. The molecule has 2 rings (SSSR count). The molecule has 1 saturated heterocycles. The Hall–Kier alpha value is -1.24. The van der Waals surface area contributed by atoms with Crippen LogP contribution in [-0.2, 0) is 6.54 Å². The van der Waals surface area contributed by atoms with Crippen molar-refractivity contribution in [3.8, 4) is 5.75 Å². The van der Waals surface area contributed by atoms with Gasteiger partial charge in [-0.1, -0.05) is 19.1 Å². The highest BCUT2D eigenvalue weighted by Gasteiger charge is 2.22. The summed E-state index contributed by atoms with van der Waals surface area (Å²) in [6.07, 6.45) is 0.960. The van der Waals surface area contributed by atoms with Crippen molar-refractivity contribution in [1.29, 1.82) is 0 Å². The van der Waals surface area contributed by atoms with Gasteiger partial charge in [0.05, 0.1) is 6.61 Å². The van der Waals surface area contributed by atoms with Crippen molar-refractivity contribution in [2.45, 2.75) is 32.5 Å². The van der Waals surface area contributed by atoms with Crippen molar-refractivity contribution < 1.29 is 18.6 Å². The zero-order valence-electron chi connectivity index (χ0n) is 12.9. The van der Waals surface area contributed by atoms with Gasteiger partial charge < -0.3 is 9.84 Å². The first-order valence-corrected chi connectivity index (χ1v) is 7.73. The van der Waals surface area contributed by atoms with E-state index in [1.165, 1.54) is 0 Å². The van der Waals surface area contributed by atoms with Crippen LogP contribution in [0.3, 0.4) is 0 Å². The lowest BCUT2D eigenvalue weighted by Crippen LogP contribution is -2.50. The van der Waals surface area contributed by atoms with E-state index < -0.39 is 6.61 Å². The van der Waals surface area contributed by atoms with E-state index in [4.69, 9.17) is 0 Å². The molecule has 1 fully saturated rings. The summed E-state index contributed by atoms with van der Waals surface area (Å²) < 4.78 is 28.5. The maximum atomic E-state index is 12.1. The van der Waals surface area contributed by atoms with E-state index in [0.29, 0.717) is 0 Å². The van der Waals surface area contributed by atoms with Gasteiger partial charge in [0.2, 0.25) is 0 Å². The molecule has 1 N–H and O–H groups in total. The molecular formula is C16H24F2N2O2. The minimum absolute atomic E-state index is 0.192. The number of hydrogen-bond donors (Lipinski definition) is 1. The Bertz CT molecular complexity index is 430. The van der Waals surface area contributed by atoms with Gasteiger partial charge in [-0.3, -0.25) is 9.80 Å². The number of piperazine rings is 1. The largest absolute Gasteiger partial charge is 0.435 e. The summed E-state index contributed by atoms with van der Waals surface area (Å²) in [6.45, 7) is 4.13. The SMILES string of the molecule is CCC(CO)N1CCN(Cc2ccc(OC(F)F)cc2)CC1. The molecule has 0 amide bonds. The van der Waals surface area contributed by atoms with Crippen LogP contribution in [0.5, 0.6) is 5.75 Å². The van der Waals surface area contributed by atoms with Crippen LogP contribution in [0.15, 0.2) is 24.3 Å². The Kier molecular flexibility index (Phi) is 6.54. The third kappa shape index (κ3) is 4.90. The first kappa shape index (κ1) is 17.1. The van der Waals surface area contributed by atoms with E-state index >= 15 is 0 Å². The molecule has 1 atom stereocenters. The average molecular weight is 314 g/mol. The third-order valence-corrected chi connectivity index (χ3v) is 4.16. The zero-order valence-corrected chi connectivity index (χ0v) is 12.9. The lowest BCUT2D eigenvalue weighted by atomic mass is 10.1. The molecule has 0 aliphatic carbocycles. The molecule has 0 spiro atoms. The van der Waals surface area contributed by atoms with Crippen LogP contribution in [0.4, 0.5) is 8.78 Å². The van der Waals surface area contributed by atoms with Gasteiger partial charge in [-0.05, 0) is 24.1 Å². The van der Waals surface area contributed by atoms with Crippen LogP contribution in [-0.4, -0.2) is 60.3 Å². The summed E-state index contributed by atoms with van der Waals surface area (Å²) in [4.78, 5) is 4.67. The summed E-state index contributed by atoms with van der Waals surface area (Å²) in [5.74, 6) is 0.192. The number of nitrogens with zero attached hydrogens (tertiary/aromatic N) is 2. The lowest BCUT2D eigenvalue weighted by Gasteiger charge is -2.38. The standard InChI is InChI=1S/C16H24F2N2O2/c1-2-14(12-21)20-9-7-19(8-10-20)11-13-3-5-15(6-4-13)22-16(17)18/h3-6,14,16,21H,2,7-12H2,1H3. The smallest absolute Gasteiger partial charge is 0.387 e.